The van der Waals surface area contributed by atoms with Gasteiger partial charge >= 0.3 is 0 Å². The van der Waals surface area contributed by atoms with Crippen molar-refractivity contribution < 1.29 is 18.1 Å². The van der Waals surface area contributed by atoms with Crippen molar-refractivity contribution in [3.8, 4) is 0 Å². The summed E-state index contributed by atoms with van der Waals surface area (Å²) in [6.45, 7) is 5.73. The number of aryl methyl sites for hydroxylation is 1. The Bertz CT molecular complexity index is 649. The molecule has 116 valence electrons. The van der Waals surface area contributed by atoms with Gasteiger partial charge in [-0.2, -0.15) is 4.31 Å². The van der Waals surface area contributed by atoms with Gasteiger partial charge in [0.2, 0.25) is 10.0 Å². The Hall–Kier alpha value is -1.51. The normalized spacial score (nSPS) is 24.0. The number of nitro groups is 1. The molecule has 2 unspecified atom stereocenters. The summed E-state index contributed by atoms with van der Waals surface area (Å²) in [5.41, 5.74) is 0.265. The van der Waals surface area contributed by atoms with Gasteiger partial charge in [0.05, 0.1) is 22.0 Å². The lowest BCUT2D eigenvalue weighted by atomic mass is 10.2. The Morgan fingerprint density at radius 3 is 2.38 bits per heavy atom. The number of sulfonamides is 1. The van der Waals surface area contributed by atoms with Crippen LogP contribution >= 0.6 is 0 Å². The third-order valence-electron chi connectivity index (χ3n) is 3.39. The summed E-state index contributed by atoms with van der Waals surface area (Å²) >= 11 is 0. The van der Waals surface area contributed by atoms with Crippen molar-refractivity contribution in [2.24, 2.45) is 0 Å². The number of benzene rings is 1. The molecular weight excluding hydrogens is 296 g/mol. The third-order valence-corrected chi connectivity index (χ3v) is 5.36. The van der Waals surface area contributed by atoms with E-state index in [4.69, 9.17) is 4.74 Å². The second kappa shape index (κ2) is 5.70. The fourth-order valence-corrected chi connectivity index (χ4v) is 4.28. The number of non-ortho nitro benzene ring substituents is 1. The minimum absolute atomic E-state index is 0.0157. The van der Waals surface area contributed by atoms with E-state index >= 15 is 0 Å². The molecule has 0 N–H and O–H groups in total. The predicted molar refractivity (Wildman–Crippen MR) is 76.6 cm³/mol. The van der Waals surface area contributed by atoms with Gasteiger partial charge < -0.3 is 4.74 Å². The minimum atomic E-state index is -3.77. The first-order chi connectivity index (χ1) is 9.71. The molecule has 1 aromatic carbocycles. The van der Waals surface area contributed by atoms with E-state index in [0.717, 1.165) is 6.07 Å². The number of hydrogen-bond acceptors (Lipinski definition) is 5. The molecule has 0 amide bonds. The first kappa shape index (κ1) is 15.9. The zero-order valence-electron chi connectivity index (χ0n) is 12.1. The molecule has 2 rings (SSSR count). The molecule has 2 atom stereocenters. The topological polar surface area (TPSA) is 89.8 Å². The van der Waals surface area contributed by atoms with Crippen molar-refractivity contribution in [1.82, 2.24) is 4.31 Å². The summed E-state index contributed by atoms with van der Waals surface area (Å²) in [4.78, 5) is 10.2. The Labute approximate surface area is 123 Å². The lowest BCUT2D eigenvalue weighted by Crippen LogP contribution is -2.48. The number of ether oxygens (including phenoxy) is 1. The molecule has 0 bridgehead atoms. The second-order valence-corrected chi connectivity index (χ2v) is 7.19. The number of nitro benzene ring substituents is 1. The van der Waals surface area contributed by atoms with E-state index in [-0.39, 0.29) is 35.9 Å². The molecule has 0 saturated carbocycles. The van der Waals surface area contributed by atoms with Crippen LogP contribution in [0.1, 0.15) is 19.4 Å². The van der Waals surface area contributed by atoms with E-state index in [1.54, 1.807) is 20.8 Å². The average Bonchev–Trinajstić information content (AvgIpc) is 2.37. The van der Waals surface area contributed by atoms with Crippen LogP contribution in [0.3, 0.4) is 0 Å². The largest absolute Gasteiger partial charge is 0.373 e. The summed E-state index contributed by atoms with van der Waals surface area (Å²) < 4.78 is 32.3. The van der Waals surface area contributed by atoms with E-state index in [9.17, 15) is 18.5 Å². The van der Waals surface area contributed by atoms with Crippen molar-refractivity contribution >= 4 is 15.7 Å². The highest BCUT2D eigenvalue weighted by Crippen LogP contribution is 2.26. The van der Waals surface area contributed by atoms with Crippen molar-refractivity contribution in [1.29, 1.82) is 0 Å². The summed E-state index contributed by atoms with van der Waals surface area (Å²) in [5.74, 6) is 0. The number of nitrogens with zero attached hydrogens (tertiary/aromatic N) is 2. The van der Waals surface area contributed by atoms with Gasteiger partial charge in [0.25, 0.3) is 5.69 Å². The monoisotopic (exact) mass is 314 g/mol. The molecular formula is C13H18N2O5S. The van der Waals surface area contributed by atoms with E-state index < -0.39 is 14.9 Å². The fraction of sp³-hybridized carbons (Fsp3) is 0.538. The van der Waals surface area contributed by atoms with Gasteiger partial charge in [-0.3, -0.25) is 10.1 Å². The van der Waals surface area contributed by atoms with Crippen LogP contribution in [0.4, 0.5) is 5.69 Å². The Morgan fingerprint density at radius 1 is 1.29 bits per heavy atom. The molecule has 7 nitrogen and oxygen atoms in total. The third kappa shape index (κ3) is 3.22. The average molecular weight is 314 g/mol. The van der Waals surface area contributed by atoms with Gasteiger partial charge in [-0.1, -0.05) is 6.07 Å². The maximum atomic E-state index is 12.7. The van der Waals surface area contributed by atoms with Gasteiger partial charge in [-0.15, -0.1) is 0 Å². The number of rotatable bonds is 3. The summed E-state index contributed by atoms with van der Waals surface area (Å²) in [6, 6.07) is 3.88. The van der Waals surface area contributed by atoms with E-state index in [2.05, 4.69) is 0 Å². The molecule has 1 fully saturated rings. The standard InChI is InChI=1S/C13H18N2O5S/c1-9-4-5-12(15(16)17)6-13(9)21(18,19)14-7-10(2)20-11(3)8-14/h4-6,10-11H,7-8H2,1-3H3. The molecule has 0 aliphatic carbocycles. The van der Waals surface area contributed by atoms with E-state index in [1.165, 1.54) is 16.4 Å². The van der Waals surface area contributed by atoms with Crippen LogP contribution in [0.2, 0.25) is 0 Å². The molecule has 1 saturated heterocycles. The Kier molecular flexibility index (Phi) is 4.31. The van der Waals surface area contributed by atoms with Crippen LogP contribution in [0, 0.1) is 17.0 Å². The molecule has 0 radical (unpaired) electrons. The highest BCUT2D eigenvalue weighted by Gasteiger charge is 2.33. The van der Waals surface area contributed by atoms with Crippen molar-refractivity contribution in [2.45, 2.75) is 37.9 Å². The Morgan fingerprint density at radius 2 is 1.86 bits per heavy atom. The zero-order valence-corrected chi connectivity index (χ0v) is 13.0. The van der Waals surface area contributed by atoms with Crippen molar-refractivity contribution in [2.75, 3.05) is 13.1 Å². The summed E-state index contributed by atoms with van der Waals surface area (Å²) in [7, 11) is -3.77. The molecule has 0 aromatic heterocycles. The van der Waals surface area contributed by atoms with Crippen LogP contribution in [0.25, 0.3) is 0 Å². The zero-order chi connectivity index (χ0) is 15.8. The summed E-state index contributed by atoms with van der Waals surface area (Å²) in [6.07, 6.45) is -0.412. The molecule has 21 heavy (non-hydrogen) atoms. The van der Waals surface area contributed by atoms with Gasteiger partial charge in [-0.05, 0) is 26.3 Å². The van der Waals surface area contributed by atoms with Gasteiger partial charge in [-0.25, -0.2) is 8.42 Å². The van der Waals surface area contributed by atoms with Gasteiger partial charge in [0.15, 0.2) is 0 Å². The van der Waals surface area contributed by atoms with Crippen LogP contribution in [0.15, 0.2) is 23.1 Å². The minimum Gasteiger partial charge on any atom is -0.373 e. The van der Waals surface area contributed by atoms with Crippen molar-refractivity contribution in [3.63, 3.8) is 0 Å². The smallest absolute Gasteiger partial charge is 0.270 e. The number of hydrogen-bond donors (Lipinski definition) is 0. The van der Waals surface area contributed by atoms with Crippen LogP contribution in [0.5, 0.6) is 0 Å². The van der Waals surface area contributed by atoms with Crippen molar-refractivity contribution in [3.05, 3.63) is 33.9 Å². The highest BCUT2D eigenvalue weighted by atomic mass is 32.2. The van der Waals surface area contributed by atoms with E-state index in [0.29, 0.717) is 5.56 Å². The molecule has 0 spiro atoms. The lowest BCUT2D eigenvalue weighted by molar-refractivity contribution is -0.385. The molecule has 1 aliphatic rings. The van der Waals surface area contributed by atoms with Gasteiger partial charge in [0.1, 0.15) is 0 Å². The number of morpholine rings is 1. The molecule has 1 aliphatic heterocycles. The maximum absolute atomic E-state index is 12.7. The maximum Gasteiger partial charge on any atom is 0.270 e. The SMILES string of the molecule is Cc1ccc([N+](=O)[O-])cc1S(=O)(=O)N1CC(C)OC(C)C1. The first-order valence-corrected chi connectivity index (χ1v) is 8.06. The summed E-state index contributed by atoms with van der Waals surface area (Å²) in [5, 5.41) is 10.8. The van der Waals surface area contributed by atoms with Crippen LogP contribution in [-0.2, 0) is 14.8 Å². The highest BCUT2D eigenvalue weighted by molar-refractivity contribution is 7.89. The van der Waals surface area contributed by atoms with Gasteiger partial charge in [0, 0.05) is 25.2 Å². The van der Waals surface area contributed by atoms with E-state index in [1.807, 2.05) is 0 Å². The first-order valence-electron chi connectivity index (χ1n) is 6.62. The van der Waals surface area contributed by atoms with Crippen LogP contribution < -0.4 is 0 Å². The predicted octanol–water partition coefficient (Wildman–Crippen LogP) is 1.70. The molecule has 8 heteroatoms. The fourth-order valence-electron chi connectivity index (χ4n) is 2.45. The second-order valence-electron chi connectivity index (χ2n) is 5.29. The van der Waals surface area contributed by atoms with Crippen LogP contribution in [-0.4, -0.2) is 42.9 Å². The molecule has 1 heterocycles. The quantitative estimate of drug-likeness (QED) is 0.625. The molecule has 1 aromatic rings. The Balaban J connectivity index is 2.44. The lowest BCUT2D eigenvalue weighted by Gasteiger charge is -2.34.